The molecule has 1 aliphatic carbocycles. The minimum atomic E-state index is -1.17. The van der Waals surface area contributed by atoms with Gasteiger partial charge in [-0.15, -0.1) is 11.3 Å². The number of esters is 2. The molecule has 2 aliphatic rings. The molecule has 7 nitrogen and oxygen atoms in total. The van der Waals surface area contributed by atoms with Gasteiger partial charge in [0, 0.05) is 27.1 Å². The number of anilines is 1. The molecule has 2 aromatic carbocycles. The molecule has 2 N–H and O–H groups in total. The zero-order valence-electron chi connectivity index (χ0n) is 22.4. The van der Waals surface area contributed by atoms with Crippen LogP contribution in [0.1, 0.15) is 42.5 Å². The van der Waals surface area contributed by atoms with Crippen LogP contribution in [0.3, 0.4) is 0 Å². The minimum Gasteiger partial charge on any atom is -0.465 e. The standard InChI is InChI=1S/C31H28ClFN2O5S/c1-3-39-30(37)25-19(23-10-7-15-41-23)16-22-26(28(25)36)24(17-11-13-18(32)14-12-17)27(31(38)40-4-2)29(34)35(22)21-9-6-5-8-20(21)33/h5-15,19,24-25H,3-4,16,34H2,1-2H3/t19-,24-,25+/m0/s1. The summed E-state index contributed by atoms with van der Waals surface area (Å²) >= 11 is 7.59. The molecule has 0 unspecified atom stereocenters. The van der Waals surface area contributed by atoms with Gasteiger partial charge in [-0.25, -0.2) is 9.18 Å². The molecular formula is C31H28ClFN2O5S. The third-order valence-electron chi connectivity index (χ3n) is 7.28. The first-order valence-corrected chi connectivity index (χ1v) is 14.5. The van der Waals surface area contributed by atoms with Crippen LogP contribution in [0.4, 0.5) is 10.1 Å². The number of ether oxygens (including phenoxy) is 2. The number of rotatable bonds is 7. The Balaban J connectivity index is 1.82. The lowest BCUT2D eigenvalue weighted by Crippen LogP contribution is -2.46. The number of hydrogen-bond donors (Lipinski definition) is 1. The van der Waals surface area contributed by atoms with Crippen LogP contribution in [0.25, 0.3) is 0 Å². The van der Waals surface area contributed by atoms with Crippen molar-refractivity contribution >= 4 is 46.3 Å². The number of carbonyl (C=O) groups excluding carboxylic acids is 3. The fraction of sp³-hybridized carbons (Fsp3) is 0.258. The van der Waals surface area contributed by atoms with Gasteiger partial charge in [0.25, 0.3) is 0 Å². The van der Waals surface area contributed by atoms with Gasteiger partial charge in [-0.1, -0.05) is 41.9 Å². The third-order valence-corrected chi connectivity index (χ3v) is 8.54. The summed E-state index contributed by atoms with van der Waals surface area (Å²) in [6, 6.07) is 16.4. The molecular weight excluding hydrogens is 567 g/mol. The van der Waals surface area contributed by atoms with Gasteiger partial charge in [0.1, 0.15) is 17.6 Å². The van der Waals surface area contributed by atoms with Crippen molar-refractivity contribution in [3.8, 4) is 0 Å². The van der Waals surface area contributed by atoms with Crippen molar-refractivity contribution in [2.24, 2.45) is 11.7 Å². The van der Waals surface area contributed by atoms with E-state index in [1.807, 2.05) is 17.5 Å². The molecule has 0 amide bonds. The molecule has 0 fully saturated rings. The Bertz CT molecular complexity index is 1550. The molecule has 5 rings (SSSR count). The summed E-state index contributed by atoms with van der Waals surface area (Å²) in [6.07, 6.45) is 0.167. The van der Waals surface area contributed by atoms with E-state index in [0.29, 0.717) is 16.3 Å². The molecule has 3 atom stereocenters. The molecule has 0 bridgehead atoms. The van der Waals surface area contributed by atoms with Crippen molar-refractivity contribution in [1.82, 2.24) is 0 Å². The van der Waals surface area contributed by atoms with Crippen molar-refractivity contribution in [1.29, 1.82) is 0 Å². The maximum atomic E-state index is 15.4. The Labute approximate surface area is 246 Å². The normalized spacial score (nSPS) is 20.6. The first-order valence-electron chi connectivity index (χ1n) is 13.2. The summed E-state index contributed by atoms with van der Waals surface area (Å²) in [5.41, 5.74) is 7.91. The van der Waals surface area contributed by atoms with Crippen LogP contribution in [-0.4, -0.2) is 30.9 Å². The highest BCUT2D eigenvalue weighted by atomic mass is 35.5. The number of carbonyl (C=O) groups is 3. The Morgan fingerprint density at radius 2 is 1.76 bits per heavy atom. The molecule has 3 aromatic rings. The average molecular weight is 595 g/mol. The number of allylic oxidation sites excluding steroid dienone is 2. The number of ketones is 1. The van der Waals surface area contributed by atoms with E-state index in [1.165, 1.54) is 34.4 Å². The van der Waals surface area contributed by atoms with Gasteiger partial charge >= 0.3 is 11.9 Å². The van der Waals surface area contributed by atoms with Crippen molar-refractivity contribution < 1.29 is 28.2 Å². The predicted molar refractivity (Wildman–Crippen MR) is 155 cm³/mol. The predicted octanol–water partition coefficient (Wildman–Crippen LogP) is 6.07. The zero-order chi connectivity index (χ0) is 29.3. The van der Waals surface area contributed by atoms with Gasteiger partial charge in [-0.2, -0.15) is 0 Å². The van der Waals surface area contributed by atoms with Crippen LogP contribution in [0.15, 0.2) is 88.7 Å². The highest BCUT2D eigenvalue weighted by molar-refractivity contribution is 7.10. The van der Waals surface area contributed by atoms with E-state index in [1.54, 1.807) is 44.2 Å². The Hall–Kier alpha value is -3.95. The van der Waals surface area contributed by atoms with Crippen LogP contribution >= 0.6 is 22.9 Å². The summed E-state index contributed by atoms with van der Waals surface area (Å²) in [7, 11) is 0. The van der Waals surface area contributed by atoms with Crippen molar-refractivity contribution in [2.45, 2.75) is 32.1 Å². The van der Waals surface area contributed by atoms with Crippen LogP contribution in [0.2, 0.25) is 5.02 Å². The lowest BCUT2D eigenvalue weighted by atomic mass is 9.68. The molecule has 0 spiro atoms. The molecule has 0 saturated heterocycles. The third kappa shape index (κ3) is 5.15. The second-order valence-corrected chi connectivity index (χ2v) is 11.0. The second-order valence-electron chi connectivity index (χ2n) is 9.57. The Kier molecular flexibility index (Phi) is 8.28. The molecule has 10 heteroatoms. The van der Waals surface area contributed by atoms with E-state index in [4.69, 9.17) is 26.8 Å². The van der Waals surface area contributed by atoms with Crippen LogP contribution in [-0.2, 0) is 23.9 Å². The fourth-order valence-corrected chi connectivity index (χ4v) is 6.60. The SMILES string of the molecule is CCOC(=O)C1=C(N)N(c2ccccc2F)C2=C(C(=O)[C@H](C(=O)OCC)[C@H](c3cccs3)C2)[C@@H]1c1ccc(Cl)cc1. The van der Waals surface area contributed by atoms with Crippen molar-refractivity contribution in [3.63, 3.8) is 0 Å². The molecule has 41 heavy (non-hydrogen) atoms. The monoisotopic (exact) mass is 594 g/mol. The summed E-state index contributed by atoms with van der Waals surface area (Å²) in [5.74, 6) is -5.32. The lowest BCUT2D eigenvalue weighted by molar-refractivity contribution is -0.152. The van der Waals surface area contributed by atoms with E-state index in [2.05, 4.69) is 0 Å². The highest BCUT2D eigenvalue weighted by Gasteiger charge is 2.51. The number of benzene rings is 2. The summed E-state index contributed by atoms with van der Waals surface area (Å²) in [4.78, 5) is 43.8. The molecule has 212 valence electrons. The fourth-order valence-electron chi connectivity index (χ4n) is 5.61. The number of halogens is 2. The van der Waals surface area contributed by atoms with Gasteiger partial charge in [-0.05, 0) is 61.5 Å². The number of hydrogen-bond acceptors (Lipinski definition) is 8. The molecule has 2 heterocycles. The minimum absolute atomic E-state index is 0.0262. The largest absolute Gasteiger partial charge is 0.465 e. The first-order chi connectivity index (χ1) is 19.8. The summed E-state index contributed by atoms with van der Waals surface area (Å²) in [5, 5.41) is 2.32. The zero-order valence-corrected chi connectivity index (χ0v) is 24.0. The quantitative estimate of drug-likeness (QED) is 0.262. The second kappa shape index (κ2) is 11.9. The molecule has 1 aliphatic heterocycles. The molecule has 1 aromatic heterocycles. The van der Waals surface area contributed by atoms with Gasteiger partial charge in [0.05, 0.1) is 30.4 Å². The van der Waals surface area contributed by atoms with Crippen LogP contribution < -0.4 is 10.6 Å². The van der Waals surface area contributed by atoms with Crippen molar-refractivity contribution in [3.05, 3.63) is 110 Å². The van der Waals surface area contributed by atoms with E-state index in [-0.39, 0.29) is 42.3 Å². The van der Waals surface area contributed by atoms with E-state index >= 15 is 4.39 Å². The lowest BCUT2D eigenvalue weighted by Gasteiger charge is -2.43. The number of nitrogens with two attached hydrogens (primary N) is 1. The number of para-hydroxylation sites is 1. The maximum Gasteiger partial charge on any atom is 0.338 e. The van der Waals surface area contributed by atoms with E-state index in [9.17, 15) is 14.4 Å². The summed E-state index contributed by atoms with van der Waals surface area (Å²) < 4.78 is 26.2. The van der Waals surface area contributed by atoms with Gasteiger partial charge < -0.3 is 15.2 Å². The van der Waals surface area contributed by atoms with Crippen molar-refractivity contribution in [2.75, 3.05) is 18.1 Å². The van der Waals surface area contributed by atoms with E-state index in [0.717, 1.165) is 4.88 Å². The summed E-state index contributed by atoms with van der Waals surface area (Å²) in [6.45, 7) is 3.47. The first kappa shape index (κ1) is 28.6. The van der Waals surface area contributed by atoms with Gasteiger partial charge in [0.2, 0.25) is 0 Å². The Morgan fingerprint density at radius 3 is 2.39 bits per heavy atom. The van der Waals surface area contributed by atoms with Crippen LogP contribution in [0.5, 0.6) is 0 Å². The number of nitrogens with zero attached hydrogens (tertiary/aromatic N) is 1. The highest BCUT2D eigenvalue weighted by Crippen LogP contribution is 2.52. The Morgan fingerprint density at radius 1 is 1.05 bits per heavy atom. The van der Waals surface area contributed by atoms with Gasteiger partial charge in [0.15, 0.2) is 5.78 Å². The number of Topliss-reactive ketones (excluding diaryl/α,β-unsaturated/α-hetero) is 1. The average Bonchev–Trinajstić information content (AvgIpc) is 3.49. The van der Waals surface area contributed by atoms with Crippen LogP contribution in [0, 0.1) is 11.7 Å². The smallest absolute Gasteiger partial charge is 0.338 e. The molecule has 0 radical (unpaired) electrons. The molecule has 0 saturated carbocycles. The maximum absolute atomic E-state index is 15.4. The topological polar surface area (TPSA) is 98.9 Å². The van der Waals surface area contributed by atoms with E-state index < -0.39 is 41.3 Å². The number of thiophene rings is 1. The van der Waals surface area contributed by atoms with Gasteiger partial charge in [-0.3, -0.25) is 14.5 Å².